The van der Waals surface area contributed by atoms with Crippen molar-refractivity contribution in [1.82, 2.24) is 15.1 Å². The van der Waals surface area contributed by atoms with Crippen molar-refractivity contribution in [2.24, 2.45) is 7.05 Å². The third-order valence-corrected chi connectivity index (χ3v) is 2.09. The van der Waals surface area contributed by atoms with Crippen molar-refractivity contribution in [3.63, 3.8) is 0 Å². The molecular formula is C11H15N3O. The van der Waals surface area contributed by atoms with Gasteiger partial charge < -0.3 is 5.32 Å². The number of hydrogen-bond acceptors (Lipinski definition) is 2. The summed E-state index contributed by atoms with van der Waals surface area (Å²) in [6, 6.07) is 1.69. The van der Waals surface area contributed by atoms with Crippen LogP contribution in [0.3, 0.4) is 0 Å². The second-order valence-corrected chi connectivity index (χ2v) is 3.26. The molecular weight excluding hydrogens is 190 g/mol. The summed E-state index contributed by atoms with van der Waals surface area (Å²) in [5.74, 6) is 2.48. The molecule has 0 aliphatic carbocycles. The first kappa shape index (κ1) is 11.3. The number of unbranched alkanes of at least 4 members (excludes halogenated alkanes) is 2. The Morgan fingerprint density at radius 1 is 1.67 bits per heavy atom. The summed E-state index contributed by atoms with van der Waals surface area (Å²) in [4.78, 5) is 11.5. The number of terminal acetylenes is 1. The van der Waals surface area contributed by atoms with Crippen LogP contribution in [-0.4, -0.2) is 22.2 Å². The fourth-order valence-electron chi connectivity index (χ4n) is 1.24. The van der Waals surface area contributed by atoms with E-state index in [1.807, 2.05) is 0 Å². The van der Waals surface area contributed by atoms with E-state index < -0.39 is 0 Å². The lowest BCUT2D eigenvalue weighted by atomic mass is 10.2. The average Bonchev–Trinajstić information content (AvgIpc) is 2.64. The van der Waals surface area contributed by atoms with Crippen molar-refractivity contribution in [1.29, 1.82) is 0 Å². The molecule has 1 amide bonds. The van der Waals surface area contributed by atoms with E-state index in [2.05, 4.69) is 16.3 Å². The zero-order chi connectivity index (χ0) is 11.1. The summed E-state index contributed by atoms with van der Waals surface area (Å²) in [6.45, 7) is 0.658. The van der Waals surface area contributed by atoms with Gasteiger partial charge in [0.2, 0.25) is 0 Å². The van der Waals surface area contributed by atoms with Crippen molar-refractivity contribution < 1.29 is 4.79 Å². The van der Waals surface area contributed by atoms with Crippen LogP contribution in [0.2, 0.25) is 0 Å². The number of nitrogens with zero attached hydrogens (tertiary/aromatic N) is 2. The summed E-state index contributed by atoms with van der Waals surface area (Å²) >= 11 is 0. The smallest absolute Gasteiger partial charge is 0.269 e. The van der Waals surface area contributed by atoms with Gasteiger partial charge in [-0.25, -0.2) is 0 Å². The van der Waals surface area contributed by atoms with Crippen LogP contribution in [-0.2, 0) is 7.05 Å². The van der Waals surface area contributed by atoms with Crippen LogP contribution in [0.4, 0.5) is 0 Å². The number of aryl methyl sites for hydroxylation is 1. The molecule has 15 heavy (non-hydrogen) atoms. The third-order valence-electron chi connectivity index (χ3n) is 2.09. The minimum absolute atomic E-state index is 0.0873. The number of nitrogens with one attached hydrogen (secondary N) is 1. The van der Waals surface area contributed by atoms with E-state index in [9.17, 15) is 4.79 Å². The minimum Gasteiger partial charge on any atom is -0.351 e. The second kappa shape index (κ2) is 5.86. The fourth-order valence-corrected chi connectivity index (χ4v) is 1.24. The molecule has 0 saturated carbocycles. The molecule has 0 bridgehead atoms. The topological polar surface area (TPSA) is 46.9 Å². The van der Waals surface area contributed by atoms with Gasteiger partial charge in [-0.05, 0) is 18.9 Å². The van der Waals surface area contributed by atoms with Crippen LogP contribution in [0, 0.1) is 12.3 Å². The van der Waals surface area contributed by atoms with Gasteiger partial charge in [0.15, 0.2) is 0 Å². The monoisotopic (exact) mass is 205 g/mol. The molecule has 1 rings (SSSR count). The Bertz CT molecular complexity index is 362. The number of rotatable bonds is 5. The molecule has 0 unspecified atom stereocenters. The summed E-state index contributed by atoms with van der Waals surface area (Å²) in [5, 5.41) is 6.74. The lowest BCUT2D eigenvalue weighted by molar-refractivity contribution is 0.0943. The van der Waals surface area contributed by atoms with Crippen LogP contribution in [0.1, 0.15) is 29.8 Å². The molecule has 0 spiro atoms. The van der Waals surface area contributed by atoms with Gasteiger partial charge in [0.25, 0.3) is 5.91 Å². The molecule has 0 aliphatic rings. The highest BCUT2D eigenvalue weighted by molar-refractivity contribution is 5.92. The number of amides is 1. The molecule has 0 radical (unpaired) electrons. The number of hydrogen-bond donors (Lipinski definition) is 1. The van der Waals surface area contributed by atoms with Crippen LogP contribution in [0.15, 0.2) is 12.3 Å². The molecule has 80 valence electrons. The second-order valence-electron chi connectivity index (χ2n) is 3.26. The van der Waals surface area contributed by atoms with E-state index in [-0.39, 0.29) is 5.91 Å². The first-order valence-electron chi connectivity index (χ1n) is 4.95. The van der Waals surface area contributed by atoms with Crippen molar-refractivity contribution in [3.8, 4) is 12.3 Å². The molecule has 4 heteroatoms. The highest BCUT2D eigenvalue weighted by Crippen LogP contribution is 1.96. The predicted molar refractivity (Wildman–Crippen MR) is 58.2 cm³/mol. The molecule has 1 aromatic rings. The van der Waals surface area contributed by atoms with E-state index in [0.29, 0.717) is 12.2 Å². The van der Waals surface area contributed by atoms with E-state index >= 15 is 0 Å². The predicted octanol–water partition coefficient (Wildman–Crippen LogP) is 0.953. The summed E-state index contributed by atoms with van der Waals surface area (Å²) in [5.41, 5.74) is 0.576. The van der Waals surface area contributed by atoms with Crippen LogP contribution < -0.4 is 5.32 Å². The molecule has 1 aromatic heterocycles. The number of carbonyl (C=O) groups excluding carboxylic acids is 1. The summed E-state index contributed by atoms with van der Waals surface area (Å²) in [6.07, 6.45) is 9.35. The van der Waals surface area contributed by atoms with Crippen molar-refractivity contribution in [3.05, 3.63) is 18.0 Å². The molecule has 0 aromatic carbocycles. The zero-order valence-electron chi connectivity index (χ0n) is 8.86. The van der Waals surface area contributed by atoms with E-state index in [1.165, 1.54) is 0 Å². The zero-order valence-corrected chi connectivity index (χ0v) is 8.86. The Morgan fingerprint density at radius 3 is 3.07 bits per heavy atom. The Hall–Kier alpha value is -1.76. The lowest BCUT2D eigenvalue weighted by Crippen LogP contribution is -2.26. The Morgan fingerprint density at radius 2 is 2.47 bits per heavy atom. The molecule has 0 aliphatic heterocycles. The van der Waals surface area contributed by atoms with E-state index in [0.717, 1.165) is 19.3 Å². The van der Waals surface area contributed by atoms with Crippen LogP contribution >= 0.6 is 0 Å². The Labute approximate surface area is 89.7 Å². The van der Waals surface area contributed by atoms with Crippen LogP contribution in [0.5, 0.6) is 0 Å². The summed E-state index contributed by atoms with van der Waals surface area (Å²) in [7, 11) is 1.74. The largest absolute Gasteiger partial charge is 0.351 e. The highest BCUT2D eigenvalue weighted by Gasteiger charge is 2.07. The average molecular weight is 205 g/mol. The maximum atomic E-state index is 11.5. The fraction of sp³-hybridized carbons (Fsp3) is 0.455. The van der Waals surface area contributed by atoms with Crippen molar-refractivity contribution >= 4 is 5.91 Å². The number of carbonyl (C=O) groups is 1. The van der Waals surface area contributed by atoms with Gasteiger partial charge in [0.05, 0.1) is 0 Å². The van der Waals surface area contributed by atoms with E-state index in [1.54, 1.807) is 24.0 Å². The van der Waals surface area contributed by atoms with E-state index in [4.69, 9.17) is 6.42 Å². The molecule has 1 heterocycles. The minimum atomic E-state index is -0.0873. The van der Waals surface area contributed by atoms with Crippen LogP contribution in [0.25, 0.3) is 0 Å². The normalized spacial score (nSPS) is 9.60. The van der Waals surface area contributed by atoms with Gasteiger partial charge in [-0.1, -0.05) is 0 Å². The van der Waals surface area contributed by atoms with Gasteiger partial charge in [-0.3, -0.25) is 9.48 Å². The van der Waals surface area contributed by atoms with Crippen molar-refractivity contribution in [2.45, 2.75) is 19.3 Å². The number of aromatic nitrogens is 2. The van der Waals surface area contributed by atoms with Gasteiger partial charge in [-0.2, -0.15) is 5.10 Å². The molecule has 0 saturated heterocycles. The van der Waals surface area contributed by atoms with Gasteiger partial charge in [-0.15, -0.1) is 12.3 Å². The Kier molecular flexibility index (Phi) is 4.42. The molecule has 4 nitrogen and oxygen atoms in total. The van der Waals surface area contributed by atoms with Crippen molar-refractivity contribution in [2.75, 3.05) is 6.54 Å². The van der Waals surface area contributed by atoms with Gasteiger partial charge >= 0.3 is 0 Å². The van der Waals surface area contributed by atoms with Gasteiger partial charge in [0, 0.05) is 26.2 Å². The molecule has 0 fully saturated rings. The summed E-state index contributed by atoms with van der Waals surface area (Å²) < 4.78 is 1.55. The maximum absolute atomic E-state index is 11.5. The van der Waals surface area contributed by atoms with Gasteiger partial charge in [0.1, 0.15) is 5.69 Å². The lowest BCUT2D eigenvalue weighted by Gasteiger charge is -2.04. The Balaban J connectivity index is 2.26. The maximum Gasteiger partial charge on any atom is 0.269 e. The molecule has 1 N–H and O–H groups in total. The first-order chi connectivity index (χ1) is 7.25. The highest BCUT2D eigenvalue weighted by atomic mass is 16.2. The SMILES string of the molecule is C#CCCCCNC(=O)c1ccnn1C. The standard InChI is InChI=1S/C11H15N3O/c1-3-4-5-6-8-12-11(15)10-7-9-13-14(10)2/h1,7,9H,4-6,8H2,2H3,(H,12,15). The quantitative estimate of drug-likeness (QED) is 0.574. The third kappa shape index (κ3) is 3.47. The molecule has 0 atom stereocenters. The first-order valence-corrected chi connectivity index (χ1v) is 4.95.